The summed E-state index contributed by atoms with van der Waals surface area (Å²) in [5.74, 6) is 2.29. The molecule has 1 aliphatic heterocycles. The molecule has 1 aromatic heterocycles. The third kappa shape index (κ3) is 1.81. The highest BCUT2D eigenvalue weighted by atomic mass is 32.3. The molecule has 1 unspecified atom stereocenters. The molecule has 0 saturated heterocycles. The molecule has 0 N–H and O–H groups in total. The van der Waals surface area contributed by atoms with Gasteiger partial charge in [0.2, 0.25) is 0 Å². The van der Waals surface area contributed by atoms with E-state index in [1.165, 1.54) is 16.3 Å². The van der Waals surface area contributed by atoms with E-state index in [1.54, 1.807) is 0 Å². The van der Waals surface area contributed by atoms with E-state index in [0.717, 1.165) is 17.9 Å². The Morgan fingerprint density at radius 3 is 2.83 bits per heavy atom. The standard InChI is InChI=1S/C14H15N3S/c1-18(14-4-2-12(8-15)3-5-14)7-6-17-11-16-9-13(17)10-18/h2-5,9,11H,6-7,10H2,1H3. The Morgan fingerprint density at radius 2 is 2.11 bits per heavy atom. The summed E-state index contributed by atoms with van der Waals surface area (Å²) in [7, 11) is -0.797. The maximum absolute atomic E-state index is 8.85. The minimum Gasteiger partial charge on any atom is -0.333 e. The zero-order chi connectivity index (χ0) is 12.6. The fourth-order valence-corrected chi connectivity index (χ4v) is 5.26. The number of hydrogen-bond donors (Lipinski definition) is 0. The van der Waals surface area contributed by atoms with E-state index in [2.05, 4.69) is 34.0 Å². The topological polar surface area (TPSA) is 41.6 Å². The molecule has 4 heteroatoms. The van der Waals surface area contributed by atoms with Gasteiger partial charge >= 0.3 is 0 Å². The fraction of sp³-hybridized carbons (Fsp3) is 0.286. The lowest BCUT2D eigenvalue weighted by molar-refractivity contribution is 0.719. The second-order valence-corrected chi connectivity index (χ2v) is 8.55. The number of fused-ring (bicyclic) bond motifs is 1. The lowest BCUT2D eigenvalue weighted by atomic mass is 10.2. The minimum atomic E-state index is -0.797. The highest BCUT2D eigenvalue weighted by molar-refractivity contribution is 8.32. The minimum absolute atomic E-state index is 0.739. The molecule has 3 rings (SSSR count). The maximum atomic E-state index is 8.85. The summed E-state index contributed by atoms with van der Waals surface area (Å²) in [6.07, 6.45) is 6.28. The first kappa shape index (κ1) is 11.4. The van der Waals surface area contributed by atoms with Crippen molar-refractivity contribution < 1.29 is 0 Å². The molecule has 0 amide bonds. The van der Waals surface area contributed by atoms with Crippen LogP contribution in [0, 0.1) is 11.3 Å². The van der Waals surface area contributed by atoms with E-state index in [4.69, 9.17) is 5.26 Å². The third-order valence-corrected chi connectivity index (χ3v) is 7.03. The first-order valence-electron chi connectivity index (χ1n) is 5.94. The van der Waals surface area contributed by atoms with Crippen molar-refractivity contribution in [3.05, 3.63) is 48.0 Å². The van der Waals surface area contributed by atoms with Gasteiger partial charge in [-0.3, -0.25) is 0 Å². The molecule has 0 saturated carbocycles. The number of nitrogens with zero attached hydrogens (tertiary/aromatic N) is 3. The Hall–Kier alpha value is -1.73. The van der Waals surface area contributed by atoms with Gasteiger partial charge in [-0.25, -0.2) is 15.0 Å². The Balaban J connectivity index is 1.94. The molecule has 1 atom stereocenters. The molecular formula is C14H15N3S. The Bertz CT molecular complexity index is 609. The zero-order valence-electron chi connectivity index (χ0n) is 10.3. The number of rotatable bonds is 1. The van der Waals surface area contributed by atoms with Gasteiger partial charge in [0.25, 0.3) is 0 Å². The molecule has 2 aromatic rings. The molecule has 0 aliphatic carbocycles. The van der Waals surface area contributed by atoms with Crippen LogP contribution in [0.5, 0.6) is 0 Å². The van der Waals surface area contributed by atoms with Gasteiger partial charge in [0, 0.05) is 24.2 Å². The van der Waals surface area contributed by atoms with Crippen LogP contribution in [0.4, 0.5) is 0 Å². The second kappa shape index (κ2) is 4.18. The predicted octanol–water partition coefficient (Wildman–Crippen LogP) is 2.76. The van der Waals surface area contributed by atoms with Gasteiger partial charge in [-0.15, -0.1) is 0 Å². The van der Waals surface area contributed by atoms with E-state index in [1.807, 2.05) is 24.7 Å². The van der Waals surface area contributed by atoms with Gasteiger partial charge in [0.1, 0.15) is 0 Å². The summed E-state index contributed by atoms with van der Waals surface area (Å²) in [5.41, 5.74) is 2.07. The summed E-state index contributed by atoms with van der Waals surface area (Å²) in [6, 6.07) is 10.3. The number of benzene rings is 1. The van der Waals surface area contributed by atoms with Crippen molar-refractivity contribution in [3.63, 3.8) is 0 Å². The average Bonchev–Trinajstić information content (AvgIpc) is 2.86. The molecule has 18 heavy (non-hydrogen) atoms. The monoisotopic (exact) mass is 257 g/mol. The van der Waals surface area contributed by atoms with Crippen LogP contribution in [0.15, 0.2) is 41.7 Å². The van der Waals surface area contributed by atoms with Gasteiger partial charge in [0.05, 0.1) is 18.0 Å². The number of hydrogen-bond acceptors (Lipinski definition) is 2. The van der Waals surface area contributed by atoms with Crippen LogP contribution in [-0.2, 0) is 12.3 Å². The smallest absolute Gasteiger partial charge is 0.0991 e. The first-order valence-corrected chi connectivity index (χ1v) is 8.32. The zero-order valence-corrected chi connectivity index (χ0v) is 11.2. The quantitative estimate of drug-likeness (QED) is 0.788. The van der Waals surface area contributed by atoms with E-state index < -0.39 is 10.0 Å². The highest BCUT2D eigenvalue weighted by Gasteiger charge is 2.27. The largest absolute Gasteiger partial charge is 0.333 e. The Labute approximate surface area is 108 Å². The van der Waals surface area contributed by atoms with Crippen molar-refractivity contribution in [2.24, 2.45) is 0 Å². The van der Waals surface area contributed by atoms with Crippen LogP contribution in [0.1, 0.15) is 11.3 Å². The normalized spacial score (nSPS) is 25.8. The summed E-state index contributed by atoms with van der Waals surface area (Å²) < 4.78 is 2.25. The summed E-state index contributed by atoms with van der Waals surface area (Å²) in [5, 5.41) is 8.85. The van der Waals surface area contributed by atoms with Gasteiger partial charge in [0.15, 0.2) is 0 Å². The van der Waals surface area contributed by atoms with Crippen LogP contribution >= 0.6 is 10.0 Å². The van der Waals surface area contributed by atoms with Crippen LogP contribution in [0.25, 0.3) is 0 Å². The predicted molar refractivity (Wildman–Crippen MR) is 73.7 cm³/mol. The van der Waals surface area contributed by atoms with Crippen LogP contribution in [0.2, 0.25) is 0 Å². The molecule has 1 aliphatic rings. The van der Waals surface area contributed by atoms with E-state index in [0.29, 0.717) is 0 Å². The van der Waals surface area contributed by atoms with Gasteiger partial charge in [-0.2, -0.15) is 5.26 Å². The Morgan fingerprint density at radius 1 is 1.33 bits per heavy atom. The maximum Gasteiger partial charge on any atom is 0.0991 e. The van der Waals surface area contributed by atoms with Crippen LogP contribution in [-0.4, -0.2) is 21.6 Å². The summed E-state index contributed by atoms with van der Waals surface area (Å²) in [4.78, 5) is 5.62. The molecule has 2 heterocycles. The third-order valence-electron chi connectivity index (χ3n) is 3.60. The van der Waals surface area contributed by atoms with Gasteiger partial charge in [-0.1, -0.05) is 0 Å². The molecule has 1 aromatic carbocycles. The van der Waals surface area contributed by atoms with Crippen LogP contribution in [0.3, 0.4) is 0 Å². The molecule has 0 bridgehead atoms. The number of nitriles is 1. The van der Waals surface area contributed by atoms with Gasteiger partial charge < -0.3 is 4.57 Å². The number of imidazole rings is 1. The van der Waals surface area contributed by atoms with Crippen LogP contribution < -0.4 is 0 Å². The van der Waals surface area contributed by atoms with Crippen molar-refractivity contribution in [1.82, 2.24) is 9.55 Å². The average molecular weight is 257 g/mol. The molecule has 0 fully saturated rings. The first-order chi connectivity index (χ1) is 8.71. The van der Waals surface area contributed by atoms with Crippen molar-refractivity contribution in [2.75, 3.05) is 12.0 Å². The van der Waals surface area contributed by atoms with Crippen molar-refractivity contribution >= 4 is 10.0 Å². The van der Waals surface area contributed by atoms with E-state index in [-0.39, 0.29) is 0 Å². The molecule has 0 spiro atoms. The van der Waals surface area contributed by atoms with E-state index in [9.17, 15) is 0 Å². The van der Waals surface area contributed by atoms with Crippen molar-refractivity contribution in [3.8, 4) is 6.07 Å². The SMILES string of the molecule is CS1(c2ccc(C#N)cc2)CCn2cncc2C1. The fourth-order valence-electron chi connectivity index (χ4n) is 2.43. The second-order valence-electron chi connectivity index (χ2n) is 4.84. The highest BCUT2D eigenvalue weighted by Crippen LogP contribution is 2.56. The summed E-state index contributed by atoms with van der Waals surface area (Å²) in [6.45, 7) is 1.06. The van der Waals surface area contributed by atoms with Gasteiger partial charge in [-0.05, 0) is 41.2 Å². The van der Waals surface area contributed by atoms with E-state index >= 15 is 0 Å². The van der Waals surface area contributed by atoms with Crippen molar-refractivity contribution in [1.29, 1.82) is 5.26 Å². The lowest BCUT2D eigenvalue weighted by Crippen LogP contribution is -2.20. The number of aromatic nitrogens is 2. The Kier molecular flexibility index (Phi) is 2.64. The van der Waals surface area contributed by atoms with Crippen molar-refractivity contribution in [2.45, 2.75) is 17.2 Å². The molecule has 92 valence electrons. The molecular weight excluding hydrogens is 242 g/mol. The summed E-state index contributed by atoms with van der Waals surface area (Å²) >= 11 is 0. The molecule has 3 nitrogen and oxygen atoms in total. The number of aryl methyl sites for hydroxylation is 1. The lowest BCUT2D eigenvalue weighted by Gasteiger charge is -2.40. The molecule has 0 radical (unpaired) electrons.